The molecule has 2 amide bonds. The Kier molecular flexibility index (Phi) is 9.86. The number of rotatable bonds is 10. The molecule has 0 bridgehead atoms. The van der Waals surface area contributed by atoms with Crippen LogP contribution in [0.4, 0.5) is 0 Å². The molecule has 1 aliphatic carbocycles. The van der Waals surface area contributed by atoms with Gasteiger partial charge in [0.05, 0.1) is 10.0 Å². The summed E-state index contributed by atoms with van der Waals surface area (Å²) in [4.78, 5) is 29.0. The molecule has 1 unspecified atom stereocenters. The molecule has 1 fully saturated rings. The molecule has 1 aliphatic rings. The number of amides is 2. The molecular formula is C30H32Cl2N2O3. The van der Waals surface area contributed by atoms with Crippen molar-refractivity contribution >= 4 is 35.0 Å². The van der Waals surface area contributed by atoms with Crippen molar-refractivity contribution in [3.8, 4) is 5.75 Å². The molecule has 4 rings (SSSR count). The van der Waals surface area contributed by atoms with Gasteiger partial charge in [0.1, 0.15) is 11.8 Å². The Morgan fingerprint density at radius 3 is 2.22 bits per heavy atom. The van der Waals surface area contributed by atoms with E-state index in [2.05, 4.69) is 5.32 Å². The van der Waals surface area contributed by atoms with Crippen molar-refractivity contribution in [1.29, 1.82) is 0 Å². The predicted molar refractivity (Wildman–Crippen MR) is 148 cm³/mol. The molecule has 194 valence electrons. The van der Waals surface area contributed by atoms with Gasteiger partial charge < -0.3 is 15.0 Å². The average Bonchev–Trinajstić information content (AvgIpc) is 2.93. The third-order valence-corrected chi connectivity index (χ3v) is 7.40. The van der Waals surface area contributed by atoms with E-state index in [-0.39, 0.29) is 31.0 Å². The number of hydrogen-bond donors (Lipinski definition) is 1. The summed E-state index contributed by atoms with van der Waals surface area (Å²) in [6, 6.07) is 23.6. The van der Waals surface area contributed by atoms with E-state index >= 15 is 0 Å². The van der Waals surface area contributed by atoms with E-state index < -0.39 is 6.04 Å². The van der Waals surface area contributed by atoms with Gasteiger partial charge in [-0.1, -0.05) is 97.1 Å². The first kappa shape index (κ1) is 27.0. The van der Waals surface area contributed by atoms with Crippen LogP contribution in [-0.2, 0) is 22.6 Å². The molecule has 0 radical (unpaired) electrons. The molecule has 0 aliphatic heterocycles. The number of ether oxygens (including phenoxy) is 1. The number of nitrogens with zero attached hydrogens (tertiary/aromatic N) is 1. The number of carbonyl (C=O) groups excluding carboxylic acids is 2. The van der Waals surface area contributed by atoms with Crippen molar-refractivity contribution in [2.45, 2.75) is 57.2 Å². The maximum Gasteiger partial charge on any atom is 0.261 e. The van der Waals surface area contributed by atoms with Gasteiger partial charge in [-0.15, -0.1) is 0 Å². The summed E-state index contributed by atoms with van der Waals surface area (Å²) in [6.45, 7) is 0.0107. The zero-order chi connectivity index (χ0) is 26.0. The Morgan fingerprint density at radius 2 is 1.54 bits per heavy atom. The van der Waals surface area contributed by atoms with Crippen LogP contribution in [0.5, 0.6) is 5.75 Å². The average molecular weight is 540 g/mol. The van der Waals surface area contributed by atoms with E-state index in [4.69, 9.17) is 27.9 Å². The molecule has 0 aromatic heterocycles. The number of hydrogen-bond acceptors (Lipinski definition) is 3. The summed E-state index contributed by atoms with van der Waals surface area (Å²) in [7, 11) is 0. The van der Waals surface area contributed by atoms with Gasteiger partial charge in [-0.3, -0.25) is 9.59 Å². The summed E-state index contributed by atoms with van der Waals surface area (Å²) in [5.41, 5.74) is 1.76. The van der Waals surface area contributed by atoms with E-state index in [1.54, 1.807) is 29.2 Å². The Labute approximate surface area is 228 Å². The summed E-state index contributed by atoms with van der Waals surface area (Å²) < 4.78 is 5.79. The van der Waals surface area contributed by atoms with E-state index in [0.717, 1.165) is 36.8 Å². The van der Waals surface area contributed by atoms with Crippen molar-refractivity contribution in [2.24, 2.45) is 0 Å². The minimum Gasteiger partial charge on any atom is -0.484 e. The van der Waals surface area contributed by atoms with Crippen LogP contribution in [0.1, 0.15) is 43.2 Å². The zero-order valence-corrected chi connectivity index (χ0v) is 22.3. The monoisotopic (exact) mass is 538 g/mol. The van der Waals surface area contributed by atoms with Crippen LogP contribution in [-0.4, -0.2) is 35.4 Å². The molecule has 0 heterocycles. The second-order valence-corrected chi connectivity index (χ2v) is 10.2. The van der Waals surface area contributed by atoms with Crippen LogP contribution in [0.15, 0.2) is 78.9 Å². The normalized spacial score (nSPS) is 14.5. The van der Waals surface area contributed by atoms with Gasteiger partial charge in [0, 0.05) is 19.0 Å². The molecule has 1 saturated carbocycles. The fraction of sp³-hybridized carbons (Fsp3) is 0.333. The lowest BCUT2D eigenvalue weighted by atomic mass is 9.94. The number of carbonyl (C=O) groups is 2. The first-order chi connectivity index (χ1) is 18.0. The quantitative estimate of drug-likeness (QED) is 0.322. The first-order valence-corrected chi connectivity index (χ1v) is 13.5. The van der Waals surface area contributed by atoms with Crippen molar-refractivity contribution in [3.63, 3.8) is 0 Å². The van der Waals surface area contributed by atoms with Gasteiger partial charge in [0.25, 0.3) is 5.91 Å². The number of para-hydroxylation sites is 1. The highest BCUT2D eigenvalue weighted by Gasteiger charge is 2.32. The minimum absolute atomic E-state index is 0.127. The molecular weight excluding hydrogens is 507 g/mol. The maximum atomic E-state index is 13.8. The van der Waals surface area contributed by atoms with Crippen molar-refractivity contribution in [2.75, 3.05) is 6.61 Å². The summed E-state index contributed by atoms with van der Waals surface area (Å²) in [5, 5.41) is 4.07. The van der Waals surface area contributed by atoms with E-state index in [9.17, 15) is 9.59 Å². The van der Waals surface area contributed by atoms with E-state index in [1.807, 2.05) is 54.6 Å². The van der Waals surface area contributed by atoms with Gasteiger partial charge in [-0.05, 0) is 48.2 Å². The molecule has 1 atom stereocenters. The van der Waals surface area contributed by atoms with Crippen LogP contribution in [0.25, 0.3) is 0 Å². The summed E-state index contributed by atoms with van der Waals surface area (Å²) >= 11 is 12.4. The van der Waals surface area contributed by atoms with Crippen LogP contribution >= 0.6 is 23.2 Å². The Hall–Kier alpha value is -3.02. The molecule has 3 aromatic carbocycles. The highest BCUT2D eigenvalue weighted by atomic mass is 35.5. The maximum absolute atomic E-state index is 13.8. The second kappa shape index (κ2) is 13.5. The highest BCUT2D eigenvalue weighted by molar-refractivity contribution is 6.42. The molecule has 7 heteroatoms. The number of benzene rings is 3. The van der Waals surface area contributed by atoms with Crippen LogP contribution in [0, 0.1) is 0 Å². The first-order valence-electron chi connectivity index (χ1n) is 12.7. The van der Waals surface area contributed by atoms with Gasteiger partial charge >= 0.3 is 0 Å². The summed E-state index contributed by atoms with van der Waals surface area (Å²) in [6.07, 6.45) is 5.70. The largest absolute Gasteiger partial charge is 0.484 e. The molecule has 5 nitrogen and oxygen atoms in total. The van der Waals surface area contributed by atoms with Crippen LogP contribution in [0.2, 0.25) is 10.0 Å². The molecule has 0 saturated heterocycles. The van der Waals surface area contributed by atoms with E-state index in [1.165, 1.54) is 6.42 Å². The van der Waals surface area contributed by atoms with E-state index in [0.29, 0.717) is 22.2 Å². The molecule has 1 N–H and O–H groups in total. The Balaban J connectivity index is 1.62. The van der Waals surface area contributed by atoms with Gasteiger partial charge in [0.15, 0.2) is 6.61 Å². The van der Waals surface area contributed by atoms with Crippen LogP contribution < -0.4 is 10.1 Å². The smallest absolute Gasteiger partial charge is 0.261 e. The zero-order valence-electron chi connectivity index (χ0n) is 20.7. The number of halogens is 2. The standard InChI is InChI=1S/C30H32Cl2N2O3/c31-26-17-16-23(18-27(26)32)20-34(29(35)21-37-25-14-8-3-9-15-25)28(19-22-10-4-1-5-11-22)30(36)33-24-12-6-2-7-13-24/h1,3-5,8-11,14-18,24,28H,2,6-7,12-13,19-21H2,(H,33,36). The lowest BCUT2D eigenvalue weighted by Crippen LogP contribution is -2.53. The second-order valence-electron chi connectivity index (χ2n) is 9.42. The van der Waals surface area contributed by atoms with Crippen molar-refractivity contribution < 1.29 is 14.3 Å². The van der Waals surface area contributed by atoms with Gasteiger partial charge in [-0.25, -0.2) is 0 Å². The Morgan fingerprint density at radius 1 is 0.865 bits per heavy atom. The van der Waals surface area contributed by atoms with Gasteiger partial charge in [-0.2, -0.15) is 0 Å². The SMILES string of the molecule is O=C(NC1CCCCC1)C(Cc1ccccc1)N(Cc1ccc(Cl)c(Cl)c1)C(=O)COc1ccccc1. The molecule has 37 heavy (non-hydrogen) atoms. The third-order valence-electron chi connectivity index (χ3n) is 6.67. The summed E-state index contributed by atoms with van der Waals surface area (Å²) in [5.74, 6) is 0.162. The third kappa shape index (κ3) is 7.98. The Bertz CT molecular complexity index is 1170. The number of nitrogens with one attached hydrogen (secondary N) is 1. The topological polar surface area (TPSA) is 58.6 Å². The molecule has 3 aromatic rings. The fourth-order valence-corrected chi connectivity index (χ4v) is 5.00. The molecule has 0 spiro atoms. The van der Waals surface area contributed by atoms with Gasteiger partial charge in [0.2, 0.25) is 5.91 Å². The van der Waals surface area contributed by atoms with Crippen molar-refractivity contribution in [1.82, 2.24) is 10.2 Å². The van der Waals surface area contributed by atoms with Crippen molar-refractivity contribution in [3.05, 3.63) is 100 Å². The van der Waals surface area contributed by atoms with Crippen LogP contribution in [0.3, 0.4) is 0 Å². The highest BCUT2D eigenvalue weighted by Crippen LogP contribution is 2.25. The fourth-order valence-electron chi connectivity index (χ4n) is 4.68. The lowest BCUT2D eigenvalue weighted by molar-refractivity contribution is -0.143. The minimum atomic E-state index is -0.717. The lowest BCUT2D eigenvalue weighted by Gasteiger charge is -2.33. The predicted octanol–water partition coefficient (Wildman–Crippen LogP) is 6.46.